The molecule has 0 saturated heterocycles. The number of benzene rings is 1. The van der Waals surface area contributed by atoms with Gasteiger partial charge in [-0.05, 0) is 24.1 Å². The van der Waals surface area contributed by atoms with Crippen molar-refractivity contribution in [1.29, 1.82) is 0 Å². The number of nitrogen functional groups attached to an aromatic ring is 1. The predicted octanol–water partition coefficient (Wildman–Crippen LogP) is 3.20. The van der Waals surface area contributed by atoms with Crippen LogP contribution in [-0.4, -0.2) is 9.91 Å². The van der Waals surface area contributed by atoms with Crippen LogP contribution in [0.2, 0.25) is 5.02 Å². The number of rotatable bonds is 2. The van der Waals surface area contributed by atoms with Crippen molar-refractivity contribution in [3.8, 4) is 11.1 Å². The maximum Gasteiger partial charge on any atom is 0.270 e. The number of nitrogens with two attached hydrogens (primary N) is 1. The second kappa shape index (κ2) is 4.62. The van der Waals surface area contributed by atoms with Crippen molar-refractivity contribution in [2.24, 2.45) is 0 Å². The highest BCUT2D eigenvalue weighted by atomic mass is 35.5. The van der Waals surface area contributed by atoms with Gasteiger partial charge in [0.25, 0.3) is 5.69 Å². The van der Waals surface area contributed by atoms with E-state index in [9.17, 15) is 10.1 Å². The average Bonchev–Trinajstić information content (AvgIpc) is 2.33. The summed E-state index contributed by atoms with van der Waals surface area (Å²) in [6.45, 7) is 1.85. The smallest absolute Gasteiger partial charge is 0.270 e. The SMILES string of the molecule is Cc1ccc([N+](=O)[O-])cc1-c1ccnc(N)c1Cl. The van der Waals surface area contributed by atoms with Crippen molar-refractivity contribution in [2.75, 3.05) is 5.73 Å². The van der Waals surface area contributed by atoms with Gasteiger partial charge in [0.05, 0.1) is 9.95 Å². The van der Waals surface area contributed by atoms with Gasteiger partial charge >= 0.3 is 0 Å². The number of aromatic nitrogens is 1. The molecule has 0 unspecified atom stereocenters. The Morgan fingerprint density at radius 1 is 1.33 bits per heavy atom. The van der Waals surface area contributed by atoms with Crippen LogP contribution in [0.4, 0.5) is 11.5 Å². The van der Waals surface area contributed by atoms with Gasteiger partial charge in [-0.3, -0.25) is 10.1 Å². The van der Waals surface area contributed by atoms with Crippen molar-refractivity contribution in [2.45, 2.75) is 6.92 Å². The van der Waals surface area contributed by atoms with Gasteiger partial charge in [-0.2, -0.15) is 0 Å². The molecule has 1 aromatic heterocycles. The van der Waals surface area contributed by atoms with Crippen LogP contribution in [0, 0.1) is 17.0 Å². The van der Waals surface area contributed by atoms with Gasteiger partial charge in [-0.15, -0.1) is 0 Å². The minimum atomic E-state index is -0.443. The predicted molar refractivity (Wildman–Crippen MR) is 70.5 cm³/mol. The Morgan fingerprint density at radius 2 is 2.06 bits per heavy atom. The molecule has 0 atom stereocenters. The van der Waals surface area contributed by atoms with Crippen LogP contribution >= 0.6 is 11.6 Å². The fourth-order valence-electron chi connectivity index (χ4n) is 1.68. The van der Waals surface area contributed by atoms with Gasteiger partial charge in [0.2, 0.25) is 0 Å². The molecule has 92 valence electrons. The molecular formula is C12H10ClN3O2. The number of hydrogen-bond donors (Lipinski definition) is 1. The quantitative estimate of drug-likeness (QED) is 0.666. The molecule has 2 N–H and O–H groups in total. The molecule has 0 bridgehead atoms. The zero-order valence-corrected chi connectivity index (χ0v) is 10.3. The van der Waals surface area contributed by atoms with Crippen LogP contribution in [0.1, 0.15) is 5.56 Å². The lowest BCUT2D eigenvalue weighted by molar-refractivity contribution is -0.384. The molecule has 0 radical (unpaired) electrons. The minimum Gasteiger partial charge on any atom is -0.382 e. The molecule has 1 heterocycles. The summed E-state index contributed by atoms with van der Waals surface area (Å²) < 4.78 is 0. The monoisotopic (exact) mass is 263 g/mol. The van der Waals surface area contributed by atoms with E-state index >= 15 is 0 Å². The van der Waals surface area contributed by atoms with Crippen LogP contribution < -0.4 is 5.73 Å². The Kier molecular flexibility index (Phi) is 3.16. The van der Waals surface area contributed by atoms with Gasteiger partial charge in [0, 0.05) is 23.9 Å². The molecule has 0 saturated carbocycles. The second-order valence-corrected chi connectivity index (χ2v) is 4.19. The number of anilines is 1. The zero-order valence-electron chi connectivity index (χ0n) is 9.55. The van der Waals surface area contributed by atoms with E-state index < -0.39 is 4.92 Å². The lowest BCUT2D eigenvalue weighted by Gasteiger charge is -2.08. The van der Waals surface area contributed by atoms with Crippen molar-refractivity contribution in [3.05, 3.63) is 51.2 Å². The normalized spacial score (nSPS) is 10.3. The standard InChI is InChI=1S/C12H10ClN3O2/c1-7-2-3-8(16(17)18)6-10(7)9-4-5-15-12(14)11(9)13/h2-6H,1H3,(H2,14,15). The number of pyridine rings is 1. The summed E-state index contributed by atoms with van der Waals surface area (Å²) in [6, 6.07) is 6.30. The molecule has 2 aromatic rings. The number of halogens is 1. The Morgan fingerprint density at radius 3 is 2.72 bits per heavy atom. The molecular weight excluding hydrogens is 254 g/mol. The second-order valence-electron chi connectivity index (χ2n) is 3.81. The van der Waals surface area contributed by atoms with E-state index in [-0.39, 0.29) is 11.5 Å². The minimum absolute atomic E-state index is 0.0158. The van der Waals surface area contributed by atoms with Crippen molar-refractivity contribution < 1.29 is 4.92 Å². The molecule has 0 amide bonds. The van der Waals surface area contributed by atoms with Gasteiger partial charge in [-0.1, -0.05) is 17.7 Å². The molecule has 0 aliphatic rings. The Hall–Kier alpha value is -2.14. The van der Waals surface area contributed by atoms with Gasteiger partial charge < -0.3 is 5.73 Å². The third kappa shape index (κ3) is 2.12. The zero-order chi connectivity index (χ0) is 13.3. The summed E-state index contributed by atoms with van der Waals surface area (Å²) in [4.78, 5) is 14.2. The lowest BCUT2D eigenvalue weighted by atomic mass is 10.0. The number of nitrogens with zero attached hydrogens (tertiary/aromatic N) is 2. The number of non-ortho nitro benzene ring substituents is 1. The third-order valence-corrected chi connectivity index (χ3v) is 3.04. The molecule has 6 heteroatoms. The van der Waals surface area contributed by atoms with Crippen LogP contribution in [0.5, 0.6) is 0 Å². The first-order chi connectivity index (χ1) is 8.50. The molecule has 5 nitrogen and oxygen atoms in total. The number of nitro benzene ring substituents is 1. The third-order valence-electron chi connectivity index (χ3n) is 2.64. The van der Waals surface area contributed by atoms with E-state index in [2.05, 4.69) is 4.98 Å². The highest BCUT2D eigenvalue weighted by Gasteiger charge is 2.13. The van der Waals surface area contributed by atoms with Crippen molar-refractivity contribution in [1.82, 2.24) is 4.98 Å². The molecule has 2 rings (SSSR count). The first-order valence-corrected chi connectivity index (χ1v) is 5.54. The van der Waals surface area contributed by atoms with E-state index in [4.69, 9.17) is 17.3 Å². The van der Waals surface area contributed by atoms with Crippen LogP contribution in [0.25, 0.3) is 11.1 Å². The van der Waals surface area contributed by atoms with Gasteiger partial charge in [0.15, 0.2) is 0 Å². The molecule has 1 aromatic carbocycles. The Balaban J connectivity index is 2.66. The van der Waals surface area contributed by atoms with Crippen molar-refractivity contribution >= 4 is 23.1 Å². The maximum absolute atomic E-state index is 10.8. The fraction of sp³-hybridized carbons (Fsp3) is 0.0833. The molecule has 18 heavy (non-hydrogen) atoms. The average molecular weight is 264 g/mol. The van der Waals surface area contributed by atoms with E-state index in [1.807, 2.05) is 6.92 Å². The van der Waals surface area contributed by atoms with E-state index in [1.54, 1.807) is 12.1 Å². The van der Waals surface area contributed by atoms with Gasteiger partial charge in [0.1, 0.15) is 5.82 Å². The largest absolute Gasteiger partial charge is 0.382 e. The summed E-state index contributed by atoms with van der Waals surface area (Å²) in [5.74, 6) is 0.208. The van der Waals surface area contributed by atoms with Gasteiger partial charge in [-0.25, -0.2) is 4.98 Å². The van der Waals surface area contributed by atoms with Crippen LogP contribution in [-0.2, 0) is 0 Å². The first-order valence-electron chi connectivity index (χ1n) is 5.16. The fourth-order valence-corrected chi connectivity index (χ4v) is 1.90. The van der Waals surface area contributed by atoms with E-state index in [0.29, 0.717) is 16.1 Å². The molecule has 0 fully saturated rings. The maximum atomic E-state index is 10.8. The highest BCUT2D eigenvalue weighted by Crippen LogP contribution is 2.34. The summed E-state index contributed by atoms with van der Waals surface area (Å²) in [7, 11) is 0. The van der Waals surface area contributed by atoms with Crippen LogP contribution in [0.15, 0.2) is 30.5 Å². The number of nitro groups is 1. The van der Waals surface area contributed by atoms with E-state index in [0.717, 1.165) is 5.56 Å². The summed E-state index contributed by atoms with van der Waals surface area (Å²) in [6.07, 6.45) is 1.52. The molecule has 0 aliphatic heterocycles. The van der Waals surface area contributed by atoms with Crippen LogP contribution in [0.3, 0.4) is 0 Å². The molecule has 0 aliphatic carbocycles. The lowest BCUT2D eigenvalue weighted by Crippen LogP contribution is -1.95. The summed E-state index contributed by atoms with van der Waals surface area (Å²) in [5, 5.41) is 11.1. The summed E-state index contributed by atoms with van der Waals surface area (Å²) >= 11 is 6.07. The number of aryl methyl sites for hydroxylation is 1. The number of hydrogen-bond acceptors (Lipinski definition) is 4. The Bertz CT molecular complexity index is 629. The topological polar surface area (TPSA) is 82.0 Å². The van der Waals surface area contributed by atoms with Crippen molar-refractivity contribution in [3.63, 3.8) is 0 Å². The first kappa shape index (κ1) is 12.3. The molecule has 0 spiro atoms. The Labute approximate surface area is 108 Å². The summed E-state index contributed by atoms with van der Waals surface area (Å²) in [5.41, 5.74) is 7.85. The highest BCUT2D eigenvalue weighted by molar-refractivity contribution is 6.35. The van der Waals surface area contributed by atoms with E-state index in [1.165, 1.54) is 18.3 Å².